The Balaban J connectivity index is 2.66. The van der Waals surface area contributed by atoms with Crippen molar-refractivity contribution in [3.05, 3.63) is 35.6 Å². The molecule has 1 aromatic carbocycles. The van der Waals surface area contributed by atoms with E-state index in [0.717, 1.165) is 24.9 Å². The van der Waals surface area contributed by atoms with Crippen LogP contribution in [0.15, 0.2) is 24.3 Å². The molecule has 0 aliphatic rings. The Kier molecular flexibility index (Phi) is 5.13. The second-order valence-corrected chi connectivity index (χ2v) is 5.85. The van der Waals surface area contributed by atoms with Crippen molar-refractivity contribution >= 4 is 0 Å². The highest BCUT2D eigenvalue weighted by molar-refractivity contribution is 5.17. The van der Waals surface area contributed by atoms with Gasteiger partial charge in [-0.15, -0.1) is 0 Å². The van der Waals surface area contributed by atoms with Gasteiger partial charge in [-0.05, 0) is 42.5 Å². The van der Waals surface area contributed by atoms with E-state index in [9.17, 15) is 4.39 Å². The minimum atomic E-state index is -0.145. The number of benzene rings is 1. The first-order chi connectivity index (χ1) is 7.90. The highest BCUT2D eigenvalue weighted by Crippen LogP contribution is 2.22. The maximum Gasteiger partial charge on any atom is 0.123 e. The molecule has 1 nitrogen and oxygen atoms in total. The predicted molar refractivity (Wildman–Crippen MR) is 71.6 cm³/mol. The van der Waals surface area contributed by atoms with E-state index >= 15 is 0 Å². The third-order valence-electron chi connectivity index (χ3n) is 2.72. The molecule has 1 atom stereocenters. The Morgan fingerprint density at radius 2 is 2.00 bits per heavy atom. The molecule has 0 spiro atoms. The van der Waals surface area contributed by atoms with Crippen molar-refractivity contribution in [3.63, 3.8) is 0 Å². The molecule has 0 saturated heterocycles. The molecule has 0 bridgehead atoms. The van der Waals surface area contributed by atoms with Crippen molar-refractivity contribution in [2.75, 3.05) is 6.54 Å². The number of nitrogens with one attached hydrogen (secondary N) is 1. The lowest BCUT2D eigenvalue weighted by atomic mass is 9.86. The number of halogens is 1. The van der Waals surface area contributed by atoms with E-state index in [2.05, 4.69) is 33.0 Å². The summed E-state index contributed by atoms with van der Waals surface area (Å²) < 4.78 is 13.1. The van der Waals surface area contributed by atoms with Gasteiger partial charge in [0, 0.05) is 6.04 Å². The zero-order chi connectivity index (χ0) is 12.9. The van der Waals surface area contributed by atoms with Gasteiger partial charge in [0.25, 0.3) is 0 Å². The molecule has 1 rings (SSSR count). The van der Waals surface area contributed by atoms with Crippen LogP contribution in [0.3, 0.4) is 0 Å². The quantitative estimate of drug-likeness (QED) is 0.821. The van der Waals surface area contributed by atoms with Crippen molar-refractivity contribution in [1.82, 2.24) is 5.32 Å². The molecule has 0 saturated carbocycles. The van der Waals surface area contributed by atoms with Crippen LogP contribution in [0.1, 0.15) is 39.7 Å². The van der Waals surface area contributed by atoms with E-state index in [1.54, 1.807) is 12.1 Å². The molecule has 1 N–H and O–H groups in total. The van der Waals surface area contributed by atoms with Crippen LogP contribution in [0, 0.1) is 11.2 Å². The van der Waals surface area contributed by atoms with Gasteiger partial charge in [-0.2, -0.15) is 0 Å². The monoisotopic (exact) mass is 237 g/mol. The molecule has 0 heterocycles. The largest absolute Gasteiger partial charge is 0.314 e. The molecule has 0 amide bonds. The lowest BCUT2D eigenvalue weighted by Gasteiger charge is -2.26. The zero-order valence-corrected chi connectivity index (χ0v) is 11.4. The normalized spacial score (nSPS) is 13.7. The van der Waals surface area contributed by atoms with E-state index in [1.807, 2.05) is 6.07 Å². The van der Waals surface area contributed by atoms with E-state index in [4.69, 9.17) is 0 Å². The Hall–Kier alpha value is -0.890. The highest BCUT2D eigenvalue weighted by atomic mass is 19.1. The van der Waals surface area contributed by atoms with E-state index in [0.29, 0.717) is 11.5 Å². The van der Waals surface area contributed by atoms with Crippen molar-refractivity contribution in [2.24, 2.45) is 5.41 Å². The van der Waals surface area contributed by atoms with Gasteiger partial charge in [-0.1, -0.05) is 39.8 Å². The summed E-state index contributed by atoms with van der Waals surface area (Å²) in [4.78, 5) is 0. The molecule has 2 heteroatoms. The first kappa shape index (κ1) is 14.2. The number of hydrogen-bond donors (Lipinski definition) is 1. The summed E-state index contributed by atoms with van der Waals surface area (Å²) in [6.07, 6.45) is 1.99. The summed E-state index contributed by atoms with van der Waals surface area (Å²) in [7, 11) is 0. The van der Waals surface area contributed by atoms with Crippen molar-refractivity contribution in [3.8, 4) is 0 Å². The summed E-state index contributed by atoms with van der Waals surface area (Å²) in [6.45, 7) is 9.78. The molecule has 0 aromatic heterocycles. The highest BCUT2D eigenvalue weighted by Gasteiger charge is 2.18. The van der Waals surface area contributed by atoms with E-state index in [-0.39, 0.29) is 5.82 Å². The summed E-state index contributed by atoms with van der Waals surface area (Å²) in [5.74, 6) is -0.145. The molecular weight excluding hydrogens is 213 g/mol. The van der Waals surface area contributed by atoms with E-state index in [1.165, 1.54) is 6.07 Å². The molecule has 17 heavy (non-hydrogen) atoms. The Morgan fingerprint density at radius 3 is 2.53 bits per heavy atom. The third-order valence-corrected chi connectivity index (χ3v) is 2.72. The fraction of sp³-hybridized carbons (Fsp3) is 0.600. The number of hydrogen-bond acceptors (Lipinski definition) is 1. The average molecular weight is 237 g/mol. The maximum absolute atomic E-state index is 13.1. The lowest BCUT2D eigenvalue weighted by Crippen LogP contribution is -2.34. The predicted octanol–water partition coefficient (Wildman–Crippen LogP) is 3.78. The van der Waals surface area contributed by atoms with Gasteiger partial charge in [0.2, 0.25) is 0 Å². The first-order valence-electron chi connectivity index (χ1n) is 6.38. The average Bonchev–Trinajstić information content (AvgIpc) is 2.15. The van der Waals surface area contributed by atoms with Crippen LogP contribution in [-0.4, -0.2) is 12.6 Å². The smallest absolute Gasteiger partial charge is 0.123 e. The molecular formula is C15H24FN. The number of likely N-dealkylation sites (N-methyl/N-ethyl adjacent to an activating group) is 1. The lowest BCUT2D eigenvalue weighted by molar-refractivity contribution is 0.309. The van der Waals surface area contributed by atoms with Crippen LogP contribution in [0.25, 0.3) is 0 Å². The van der Waals surface area contributed by atoms with Gasteiger partial charge in [0.1, 0.15) is 5.82 Å². The second-order valence-electron chi connectivity index (χ2n) is 5.85. The standard InChI is InChI=1S/C15H24FN/c1-5-17-14(11-15(2,3)4)10-12-7-6-8-13(16)9-12/h6-9,14,17H,5,10-11H2,1-4H3. The van der Waals surface area contributed by atoms with Crippen molar-refractivity contribution in [1.29, 1.82) is 0 Å². The molecule has 0 aliphatic carbocycles. The van der Waals surface area contributed by atoms with Gasteiger partial charge in [0.05, 0.1) is 0 Å². The summed E-state index contributed by atoms with van der Waals surface area (Å²) in [5, 5.41) is 3.48. The topological polar surface area (TPSA) is 12.0 Å². The summed E-state index contributed by atoms with van der Waals surface area (Å²) in [6, 6.07) is 7.32. The van der Waals surface area contributed by atoms with Gasteiger partial charge < -0.3 is 5.32 Å². The molecule has 1 aromatic rings. The zero-order valence-electron chi connectivity index (χ0n) is 11.4. The Labute approximate surface area is 104 Å². The second kappa shape index (κ2) is 6.15. The SMILES string of the molecule is CCNC(Cc1cccc(F)c1)CC(C)(C)C. The number of rotatable bonds is 5. The summed E-state index contributed by atoms with van der Waals surface area (Å²) >= 11 is 0. The first-order valence-corrected chi connectivity index (χ1v) is 6.38. The minimum absolute atomic E-state index is 0.145. The van der Waals surface area contributed by atoms with Crippen LogP contribution in [0.5, 0.6) is 0 Å². The third kappa shape index (κ3) is 5.83. The van der Waals surface area contributed by atoms with E-state index < -0.39 is 0 Å². The van der Waals surface area contributed by atoms with Gasteiger partial charge in [-0.3, -0.25) is 0 Å². The maximum atomic E-state index is 13.1. The van der Waals surface area contributed by atoms with Crippen molar-refractivity contribution < 1.29 is 4.39 Å². The molecule has 0 radical (unpaired) electrons. The fourth-order valence-electron chi connectivity index (χ4n) is 2.19. The molecule has 0 aliphatic heterocycles. The summed E-state index contributed by atoms with van der Waals surface area (Å²) in [5.41, 5.74) is 1.36. The Morgan fingerprint density at radius 1 is 1.29 bits per heavy atom. The molecule has 1 unspecified atom stereocenters. The molecule has 0 fully saturated rings. The van der Waals surface area contributed by atoms with Crippen LogP contribution in [-0.2, 0) is 6.42 Å². The fourth-order valence-corrected chi connectivity index (χ4v) is 2.19. The van der Waals surface area contributed by atoms with Gasteiger partial charge in [0.15, 0.2) is 0 Å². The van der Waals surface area contributed by atoms with Crippen LogP contribution < -0.4 is 5.32 Å². The minimum Gasteiger partial charge on any atom is -0.314 e. The van der Waals surface area contributed by atoms with Gasteiger partial charge >= 0.3 is 0 Å². The van der Waals surface area contributed by atoms with Crippen LogP contribution in [0.2, 0.25) is 0 Å². The molecule has 96 valence electrons. The van der Waals surface area contributed by atoms with Crippen LogP contribution in [0.4, 0.5) is 4.39 Å². The Bertz CT molecular complexity index is 341. The van der Waals surface area contributed by atoms with Crippen LogP contribution >= 0.6 is 0 Å². The van der Waals surface area contributed by atoms with Gasteiger partial charge in [-0.25, -0.2) is 4.39 Å². The van der Waals surface area contributed by atoms with Crippen molar-refractivity contribution in [2.45, 2.75) is 46.6 Å².